The Balaban J connectivity index is 2.17. The summed E-state index contributed by atoms with van der Waals surface area (Å²) in [5, 5.41) is 3.07. The topological polar surface area (TPSA) is 38.3 Å². The van der Waals surface area contributed by atoms with E-state index >= 15 is 0 Å². The van der Waals surface area contributed by atoms with Crippen LogP contribution < -0.4 is 10.1 Å². The van der Waals surface area contributed by atoms with Crippen LogP contribution in [0.25, 0.3) is 0 Å². The Kier molecular flexibility index (Phi) is 5.80. The lowest BCUT2D eigenvalue weighted by atomic mass is 9.98. The average Bonchev–Trinajstić information content (AvgIpc) is 2.55. The fourth-order valence-corrected chi connectivity index (χ4v) is 2.53. The maximum absolute atomic E-state index is 12.6. The number of hydrogen-bond donors (Lipinski definition) is 1. The lowest BCUT2D eigenvalue weighted by Crippen LogP contribution is -2.33. The van der Waals surface area contributed by atoms with Gasteiger partial charge in [-0.15, -0.1) is 0 Å². The summed E-state index contributed by atoms with van der Waals surface area (Å²) < 4.78 is 5.83. The molecule has 0 heterocycles. The van der Waals surface area contributed by atoms with Crippen molar-refractivity contribution in [3.8, 4) is 5.75 Å². The third-order valence-electron chi connectivity index (χ3n) is 3.86. The van der Waals surface area contributed by atoms with Gasteiger partial charge in [-0.1, -0.05) is 57.2 Å². The van der Waals surface area contributed by atoms with Crippen LogP contribution in [-0.4, -0.2) is 12.0 Å². The number of para-hydroxylation sites is 2. The highest BCUT2D eigenvalue weighted by molar-refractivity contribution is 5.95. The number of carbonyl (C=O) groups is 1. The van der Waals surface area contributed by atoms with Crippen molar-refractivity contribution in [2.75, 3.05) is 5.32 Å². The van der Waals surface area contributed by atoms with E-state index in [2.05, 4.69) is 25.2 Å². The molecule has 2 aromatic carbocycles. The summed E-state index contributed by atoms with van der Waals surface area (Å²) in [6.45, 7) is 8.22. The highest BCUT2D eigenvalue weighted by Crippen LogP contribution is 2.28. The Labute approximate surface area is 138 Å². The second-order valence-corrected chi connectivity index (χ2v) is 6.01. The third kappa shape index (κ3) is 4.35. The number of rotatable bonds is 6. The van der Waals surface area contributed by atoms with Crippen molar-refractivity contribution in [1.29, 1.82) is 0 Å². The molecule has 1 atom stereocenters. The largest absolute Gasteiger partial charge is 0.481 e. The number of benzene rings is 2. The number of amides is 1. The van der Waals surface area contributed by atoms with Crippen molar-refractivity contribution >= 4 is 11.6 Å². The summed E-state index contributed by atoms with van der Waals surface area (Å²) in [7, 11) is 0. The molecule has 0 aliphatic carbocycles. The number of carbonyl (C=O) groups excluding carboxylic acids is 1. The van der Waals surface area contributed by atoms with Crippen LogP contribution in [0.4, 0.5) is 5.69 Å². The van der Waals surface area contributed by atoms with E-state index < -0.39 is 6.10 Å². The molecular formula is C20H25NO2. The minimum absolute atomic E-state index is 0.104. The molecule has 2 rings (SSSR count). The number of hydrogen-bond acceptors (Lipinski definition) is 2. The fourth-order valence-electron chi connectivity index (χ4n) is 2.53. The van der Waals surface area contributed by atoms with Gasteiger partial charge in [0.2, 0.25) is 0 Å². The molecule has 0 saturated carbocycles. The van der Waals surface area contributed by atoms with Crippen LogP contribution >= 0.6 is 0 Å². The monoisotopic (exact) mass is 311 g/mol. The van der Waals surface area contributed by atoms with Gasteiger partial charge >= 0.3 is 0 Å². The van der Waals surface area contributed by atoms with E-state index in [0.29, 0.717) is 18.1 Å². The maximum Gasteiger partial charge on any atom is 0.265 e. The van der Waals surface area contributed by atoms with Crippen LogP contribution in [0, 0.1) is 6.92 Å². The van der Waals surface area contributed by atoms with Crippen LogP contribution in [0.2, 0.25) is 0 Å². The minimum atomic E-state index is -0.503. The zero-order valence-corrected chi connectivity index (χ0v) is 14.3. The van der Waals surface area contributed by atoms with Gasteiger partial charge in [-0.05, 0) is 42.5 Å². The molecule has 2 aromatic rings. The van der Waals surface area contributed by atoms with Gasteiger partial charge in [0.05, 0.1) is 0 Å². The number of ether oxygens (including phenoxy) is 1. The number of nitrogens with one attached hydrogen (secondary N) is 1. The molecule has 0 radical (unpaired) electrons. The van der Waals surface area contributed by atoms with Crippen molar-refractivity contribution in [2.24, 2.45) is 0 Å². The quantitative estimate of drug-likeness (QED) is 0.822. The molecular weight excluding hydrogens is 286 g/mol. The molecule has 0 fully saturated rings. The summed E-state index contributed by atoms with van der Waals surface area (Å²) in [6, 6.07) is 15.6. The highest BCUT2D eigenvalue weighted by Gasteiger charge is 2.20. The first-order valence-electron chi connectivity index (χ1n) is 8.15. The normalized spacial score (nSPS) is 12.0. The highest BCUT2D eigenvalue weighted by atomic mass is 16.5. The molecule has 0 spiro atoms. The first kappa shape index (κ1) is 17.1. The van der Waals surface area contributed by atoms with E-state index in [1.807, 2.05) is 56.3 Å². The van der Waals surface area contributed by atoms with Gasteiger partial charge < -0.3 is 10.1 Å². The minimum Gasteiger partial charge on any atom is -0.481 e. The number of anilines is 1. The molecule has 0 aromatic heterocycles. The zero-order chi connectivity index (χ0) is 16.8. The fraction of sp³-hybridized carbons (Fsp3) is 0.350. The second-order valence-electron chi connectivity index (χ2n) is 6.01. The summed E-state index contributed by atoms with van der Waals surface area (Å²) in [6.07, 6.45) is 0.112. The van der Waals surface area contributed by atoms with Crippen molar-refractivity contribution in [2.45, 2.75) is 46.1 Å². The van der Waals surface area contributed by atoms with Gasteiger partial charge in [0.25, 0.3) is 5.91 Å². The lowest BCUT2D eigenvalue weighted by molar-refractivity contribution is -0.122. The molecule has 0 saturated heterocycles. The SMILES string of the molecule is CC[C@H](Oc1ccccc1)C(=O)Nc1c(C)cccc1C(C)C. The molecule has 3 nitrogen and oxygen atoms in total. The van der Waals surface area contributed by atoms with Crippen LogP contribution in [0.1, 0.15) is 44.2 Å². The van der Waals surface area contributed by atoms with Crippen molar-refractivity contribution in [1.82, 2.24) is 0 Å². The van der Waals surface area contributed by atoms with Gasteiger partial charge in [-0.3, -0.25) is 4.79 Å². The van der Waals surface area contributed by atoms with Crippen LogP contribution in [0.5, 0.6) is 5.75 Å². The zero-order valence-electron chi connectivity index (χ0n) is 14.3. The summed E-state index contributed by atoms with van der Waals surface area (Å²) >= 11 is 0. The van der Waals surface area contributed by atoms with E-state index in [1.54, 1.807) is 0 Å². The summed E-state index contributed by atoms with van der Waals surface area (Å²) in [5.74, 6) is 0.955. The number of aryl methyl sites for hydroxylation is 1. The molecule has 1 N–H and O–H groups in total. The standard InChI is InChI=1S/C20H25NO2/c1-5-18(23-16-11-7-6-8-12-16)20(22)21-19-15(4)10-9-13-17(19)14(2)3/h6-14,18H,5H2,1-4H3,(H,21,22)/t18-/m0/s1. The van der Waals surface area contributed by atoms with E-state index in [4.69, 9.17) is 4.74 Å². The molecule has 0 aliphatic rings. The Morgan fingerprint density at radius 1 is 1.09 bits per heavy atom. The van der Waals surface area contributed by atoms with Gasteiger partial charge in [-0.25, -0.2) is 0 Å². The van der Waals surface area contributed by atoms with E-state index in [-0.39, 0.29) is 5.91 Å². The van der Waals surface area contributed by atoms with Crippen molar-refractivity contribution < 1.29 is 9.53 Å². The Morgan fingerprint density at radius 2 is 1.78 bits per heavy atom. The Bertz CT molecular complexity index is 650. The van der Waals surface area contributed by atoms with Gasteiger partial charge in [0.15, 0.2) is 6.10 Å². The molecule has 0 aliphatic heterocycles. The summed E-state index contributed by atoms with van der Waals surface area (Å²) in [4.78, 5) is 12.6. The Morgan fingerprint density at radius 3 is 2.39 bits per heavy atom. The van der Waals surface area contributed by atoms with Gasteiger partial charge in [0.1, 0.15) is 5.75 Å². The maximum atomic E-state index is 12.6. The van der Waals surface area contributed by atoms with Crippen LogP contribution in [-0.2, 0) is 4.79 Å². The first-order valence-corrected chi connectivity index (χ1v) is 8.15. The van der Waals surface area contributed by atoms with E-state index in [1.165, 1.54) is 0 Å². The van der Waals surface area contributed by atoms with Crippen molar-refractivity contribution in [3.63, 3.8) is 0 Å². The third-order valence-corrected chi connectivity index (χ3v) is 3.86. The molecule has 0 bridgehead atoms. The van der Waals surface area contributed by atoms with Gasteiger partial charge in [-0.2, -0.15) is 0 Å². The van der Waals surface area contributed by atoms with Crippen LogP contribution in [0.3, 0.4) is 0 Å². The predicted molar refractivity (Wildman–Crippen MR) is 95.0 cm³/mol. The molecule has 3 heteroatoms. The average molecular weight is 311 g/mol. The molecule has 122 valence electrons. The molecule has 1 amide bonds. The molecule has 0 unspecified atom stereocenters. The van der Waals surface area contributed by atoms with Crippen molar-refractivity contribution in [3.05, 3.63) is 59.7 Å². The predicted octanol–water partition coefficient (Wildman–Crippen LogP) is 4.91. The van der Waals surface area contributed by atoms with Crippen LogP contribution in [0.15, 0.2) is 48.5 Å². The molecule has 23 heavy (non-hydrogen) atoms. The Hall–Kier alpha value is -2.29. The smallest absolute Gasteiger partial charge is 0.265 e. The van der Waals surface area contributed by atoms with E-state index in [9.17, 15) is 4.79 Å². The lowest BCUT2D eigenvalue weighted by Gasteiger charge is -2.21. The summed E-state index contributed by atoms with van der Waals surface area (Å²) in [5.41, 5.74) is 3.12. The van der Waals surface area contributed by atoms with E-state index in [0.717, 1.165) is 16.8 Å². The van der Waals surface area contributed by atoms with Gasteiger partial charge in [0, 0.05) is 5.69 Å². The first-order chi connectivity index (χ1) is 11.0. The second kappa shape index (κ2) is 7.82.